The molecule has 1 atom stereocenters. The number of aliphatic hydroxyl groups is 1. The van der Waals surface area contributed by atoms with Crippen LogP contribution in [0.25, 0.3) is 11.1 Å². The molecule has 0 saturated carbocycles. The molecule has 0 aliphatic rings. The average Bonchev–Trinajstić information content (AvgIpc) is 2.67. The highest BCUT2D eigenvalue weighted by atomic mass is 19.4. The van der Waals surface area contributed by atoms with E-state index in [0.717, 1.165) is 6.07 Å². The fourth-order valence-electron chi connectivity index (χ4n) is 1.68. The van der Waals surface area contributed by atoms with Gasteiger partial charge in [-0.3, -0.25) is 0 Å². The lowest BCUT2D eigenvalue weighted by Gasteiger charge is -2.09. The maximum Gasteiger partial charge on any atom is 0.423 e. The van der Waals surface area contributed by atoms with Gasteiger partial charge in [0.15, 0.2) is 5.58 Å². The summed E-state index contributed by atoms with van der Waals surface area (Å²) in [5.74, 6) is -1.60. The first-order chi connectivity index (χ1) is 8.70. The Morgan fingerprint density at radius 3 is 2.42 bits per heavy atom. The largest absolute Gasteiger partial charge is 0.437 e. The van der Waals surface area contributed by atoms with E-state index >= 15 is 0 Å². The monoisotopic (exact) mass is 277 g/mol. The number of nitrogens with zero attached hydrogens (tertiary/aromatic N) is 1. The Labute approximate surface area is 105 Å². The van der Waals surface area contributed by atoms with Crippen LogP contribution in [0.1, 0.15) is 37.3 Å². The van der Waals surface area contributed by atoms with Crippen molar-refractivity contribution in [1.82, 2.24) is 4.98 Å². The number of rotatable bonds is 2. The first-order valence-corrected chi connectivity index (χ1v) is 5.55. The lowest BCUT2D eigenvalue weighted by Crippen LogP contribution is -2.20. The van der Waals surface area contributed by atoms with Crippen molar-refractivity contribution in [2.24, 2.45) is 0 Å². The van der Waals surface area contributed by atoms with Crippen LogP contribution in [0.5, 0.6) is 0 Å². The van der Waals surface area contributed by atoms with Crippen LogP contribution in [0.15, 0.2) is 16.5 Å². The van der Waals surface area contributed by atoms with Crippen LogP contribution in [0.4, 0.5) is 17.6 Å². The van der Waals surface area contributed by atoms with Crippen LogP contribution in [0.3, 0.4) is 0 Å². The minimum Gasteiger partial charge on any atom is -0.437 e. The van der Waals surface area contributed by atoms with Crippen molar-refractivity contribution < 1.29 is 27.1 Å². The van der Waals surface area contributed by atoms with Crippen molar-refractivity contribution in [2.75, 3.05) is 0 Å². The molecule has 1 heterocycles. The zero-order valence-corrected chi connectivity index (χ0v) is 10.1. The average molecular weight is 277 g/mol. The molecule has 1 aromatic heterocycles. The number of hydrogen-bond donors (Lipinski definition) is 1. The molecule has 0 bridgehead atoms. The Kier molecular flexibility index (Phi) is 3.25. The summed E-state index contributed by atoms with van der Waals surface area (Å²) in [4.78, 5) is 3.46. The van der Waals surface area contributed by atoms with Crippen molar-refractivity contribution >= 4 is 11.1 Å². The fraction of sp³-hybridized carbons (Fsp3) is 0.417. The van der Waals surface area contributed by atoms with Crippen LogP contribution in [-0.4, -0.2) is 16.3 Å². The normalized spacial score (nSPS) is 14.3. The molecular formula is C12H11F4NO2. The minimum atomic E-state index is -4.87. The van der Waals surface area contributed by atoms with E-state index in [1.165, 1.54) is 6.07 Å². The summed E-state index contributed by atoms with van der Waals surface area (Å²) >= 11 is 0. The van der Waals surface area contributed by atoms with Crippen molar-refractivity contribution in [3.63, 3.8) is 0 Å². The summed E-state index contributed by atoms with van der Waals surface area (Å²) in [7, 11) is 0. The molecule has 1 aromatic carbocycles. The number of halogens is 4. The van der Waals surface area contributed by atoms with Crippen molar-refractivity contribution in [1.29, 1.82) is 0 Å². The molecule has 7 heteroatoms. The van der Waals surface area contributed by atoms with Gasteiger partial charge in [0.2, 0.25) is 12.0 Å². The molecule has 3 nitrogen and oxygen atoms in total. The molecule has 0 spiro atoms. The molecule has 1 unspecified atom stereocenters. The van der Waals surface area contributed by atoms with Crippen molar-refractivity contribution in [3.05, 3.63) is 29.4 Å². The SMILES string of the molecule is CC(C)c1cc2oc(C(O)C(F)(F)F)nc2cc1F. The molecule has 2 aromatic rings. The first kappa shape index (κ1) is 13.8. The third-order valence-electron chi connectivity index (χ3n) is 2.69. The van der Waals surface area contributed by atoms with Crippen molar-refractivity contribution in [2.45, 2.75) is 32.0 Å². The lowest BCUT2D eigenvalue weighted by molar-refractivity contribution is -0.212. The number of benzene rings is 1. The third-order valence-corrected chi connectivity index (χ3v) is 2.69. The molecule has 0 aliphatic heterocycles. The summed E-state index contributed by atoms with van der Waals surface area (Å²) in [6.07, 6.45) is -7.69. The number of aromatic nitrogens is 1. The minimum absolute atomic E-state index is 0.0170. The van der Waals surface area contributed by atoms with Gasteiger partial charge in [0.05, 0.1) is 0 Å². The van der Waals surface area contributed by atoms with E-state index in [1.807, 2.05) is 0 Å². The molecule has 0 fully saturated rings. The maximum atomic E-state index is 13.6. The van der Waals surface area contributed by atoms with Gasteiger partial charge >= 0.3 is 6.18 Å². The molecule has 104 valence electrons. The molecule has 2 rings (SSSR count). The quantitative estimate of drug-likeness (QED) is 0.851. The Hall–Kier alpha value is -1.63. The number of oxazole rings is 1. The van der Waals surface area contributed by atoms with Crippen LogP contribution in [-0.2, 0) is 0 Å². The van der Waals surface area contributed by atoms with Crippen LogP contribution in [0.2, 0.25) is 0 Å². The Morgan fingerprint density at radius 1 is 1.26 bits per heavy atom. The van der Waals surface area contributed by atoms with Gasteiger partial charge in [-0.1, -0.05) is 13.8 Å². The number of fused-ring (bicyclic) bond motifs is 1. The van der Waals surface area contributed by atoms with E-state index in [9.17, 15) is 17.6 Å². The van der Waals surface area contributed by atoms with E-state index in [0.29, 0.717) is 5.56 Å². The van der Waals surface area contributed by atoms with E-state index in [1.54, 1.807) is 13.8 Å². The van der Waals surface area contributed by atoms with Gasteiger partial charge in [-0.25, -0.2) is 9.37 Å². The summed E-state index contributed by atoms with van der Waals surface area (Å²) in [5, 5.41) is 9.03. The van der Waals surface area contributed by atoms with Gasteiger partial charge in [0, 0.05) is 6.07 Å². The summed E-state index contributed by atoms with van der Waals surface area (Å²) in [5.41, 5.74) is 0.278. The van der Waals surface area contributed by atoms with E-state index < -0.39 is 24.0 Å². The molecule has 0 saturated heterocycles. The highest BCUT2D eigenvalue weighted by molar-refractivity contribution is 5.74. The highest BCUT2D eigenvalue weighted by Gasteiger charge is 2.43. The fourth-order valence-corrected chi connectivity index (χ4v) is 1.68. The summed E-state index contributed by atoms with van der Waals surface area (Å²) < 4.78 is 55.5. The maximum absolute atomic E-state index is 13.6. The van der Waals surface area contributed by atoms with Gasteiger partial charge in [-0.05, 0) is 17.5 Å². The van der Waals surface area contributed by atoms with Gasteiger partial charge in [-0.2, -0.15) is 13.2 Å². The Balaban J connectivity index is 2.52. The van der Waals surface area contributed by atoms with E-state index in [4.69, 9.17) is 9.52 Å². The number of aliphatic hydroxyl groups excluding tert-OH is 1. The van der Waals surface area contributed by atoms with E-state index in [2.05, 4.69) is 4.98 Å². The number of hydrogen-bond acceptors (Lipinski definition) is 3. The molecule has 0 amide bonds. The molecule has 0 aliphatic carbocycles. The van der Waals surface area contributed by atoms with Crippen LogP contribution >= 0.6 is 0 Å². The summed E-state index contributed by atoms with van der Waals surface area (Å²) in [6, 6.07) is 2.30. The topological polar surface area (TPSA) is 46.3 Å². The predicted octanol–water partition coefficient (Wildman–Crippen LogP) is 3.69. The van der Waals surface area contributed by atoms with Crippen LogP contribution in [0, 0.1) is 5.82 Å². The zero-order chi connectivity index (χ0) is 14.4. The smallest absolute Gasteiger partial charge is 0.423 e. The Morgan fingerprint density at radius 2 is 1.89 bits per heavy atom. The van der Waals surface area contributed by atoms with Crippen LogP contribution < -0.4 is 0 Å². The Bertz CT molecular complexity index is 604. The highest BCUT2D eigenvalue weighted by Crippen LogP contribution is 2.34. The zero-order valence-electron chi connectivity index (χ0n) is 10.1. The van der Waals surface area contributed by atoms with Gasteiger partial charge in [-0.15, -0.1) is 0 Å². The molecule has 0 radical (unpaired) electrons. The third kappa shape index (κ3) is 2.56. The first-order valence-electron chi connectivity index (χ1n) is 5.55. The predicted molar refractivity (Wildman–Crippen MR) is 59.1 cm³/mol. The van der Waals surface area contributed by atoms with E-state index in [-0.39, 0.29) is 17.0 Å². The second-order valence-corrected chi connectivity index (χ2v) is 4.49. The molecule has 1 N–H and O–H groups in total. The van der Waals surface area contributed by atoms with Gasteiger partial charge < -0.3 is 9.52 Å². The summed E-state index contributed by atoms with van der Waals surface area (Å²) in [6.45, 7) is 3.48. The van der Waals surface area contributed by atoms with Crippen molar-refractivity contribution in [3.8, 4) is 0 Å². The standard InChI is InChI=1S/C12H11F4NO2/c1-5(2)6-3-9-8(4-7(6)13)17-11(19-9)10(18)12(14,15)16/h3-5,10,18H,1-2H3. The number of alkyl halides is 3. The second kappa shape index (κ2) is 4.48. The van der Waals surface area contributed by atoms with Gasteiger partial charge in [0.1, 0.15) is 11.3 Å². The molecular weight excluding hydrogens is 266 g/mol. The molecule has 19 heavy (non-hydrogen) atoms. The lowest BCUT2D eigenvalue weighted by atomic mass is 10.0. The second-order valence-electron chi connectivity index (χ2n) is 4.49. The van der Waals surface area contributed by atoms with Gasteiger partial charge in [0.25, 0.3) is 0 Å².